The zero-order chi connectivity index (χ0) is 43.9. The Labute approximate surface area is 351 Å². The second-order valence-electron chi connectivity index (χ2n) is 16.4. The van der Waals surface area contributed by atoms with Crippen LogP contribution >= 0.6 is 0 Å². The van der Waals surface area contributed by atoms with E-state index in [4.69, 9.17) is 14.2 Å². The van der Waals surface area contributed by atoms with Crippen LogP contribution in [-0.4, -0.2) is 107 Å². The van der Waals surface area contributed by atoms with Crippen LogP contribution in [0.2, 0.25) is 0 Å². The number of nitrogens with zero attached hydrogens (tertiary/aromatic N) is 4. The van der Waals surface area contributed by atoms with Gasteiger partial charge in [-0.15, -0.1) is 0 Å². The van der Waals surface area contributed by atoms with Gasteiger partial charge in [0.05, 0.1) is 30.5 Å². The van der Waals surface area contributed by atoms with Gasteiger partial charge < -0.3 is 29.7 Å². The molecule has 0 radical (unpaired) electrons. The van der Waals surface area contributed by atoms with Crippen LogP contribution in [0.25, 0.3) is 10.9 Å². The number of fused-ring (bicyclic) bond motifs is 3. The van der Waals surface area contributed by atoms with Crippen molar-refractivity contribution in [2.45, 2.75) is 120 Å². The number of allylic oxidation sites excluding steroid dienone is 1. The first-order valence-electron chi connectivity index (χ1n) is 20.4. The minimum atomic E-state index is -4.58. The number of hydrogen-bond acceptors (Lipinski definition) is 11. The molecule has 2 aliphatic heterocycles. The summed E-state index contributed by atoms with van der Waals surface area (Å²) < 4.78 is 85.2. The number of methoxy groups -OCH3 is 1. The highest BCUT2D eigenvalue weighted by atomic mass is 32.2. The Balaban J connectivity index is 1.22. The lowest BCUT2D eigenvalue weighted by atomic mass is 10.0. The molecule has 1 aromatic carbocycles. The van der Waals surface area contributed by atoms with Gasteiger partial charge in [-0.2, -0.15) is 18.3 Å². The van der Waals surface area contributed by atoms with Gasteiger partial charge in [-0.25, -0.2) is 13.4 Å². The second-order valence-corrected chi connectivity index (χ2v) is 18.6. The number of nitrogens with one attached hydrogen (secondary N) is 3. The number of pyridine rings is 1. The molecule has 4 heterocycles. The van der Waals surface area contributed by atoms with E-state index in [-0.39, 0.29) is 37.4 Å². The van der Waals surface area contributed by atoms with Crippen LogP contribution in [0.5, 0.6) is 17.4 Å². The number of sulfonamides is 1. The molecule has 2 aliphatic carbocycles. The number of aryl methyl sites for hydroxylation is 1. The molecule has 3 N–H and O–H groups in total. The molecule has 7 rings (SSSR count). The van der Waals surface area contributed by atoms with Crippen LogP contribution in [0.1, 0.15) is 87.7 Å². The van der Waals surface area contributed by atoms with E-state index in [0.29, 0.717) is 72.2 Å². The first-order chi connectivity index (χ1) is 28.9. The van der Waals surface area contributed by atoms with Crippen molar-refractivity contribution < 1.29 is 55.0 Å². The Morgan fingerprint density at radius 1 is 1.10 bits per heavy atom. The Kier molecular flexibility index (Phi) is 12.0. The fourth-order valence-electron chi connectivity index (χ4n) is 8.01. The van der Waals surface area contributed by atoms with E-state index in [0.717, 1.165) is 17.8 Å². The van der Waals surface area contributed by atoms with Gasteiger partial charge in [-0.1, -0.05) is 25.0 Å². The lowest BCUT2D eigenvalue weighted by Gasteiger charge is -2.30. The van der Waals surface area contributed by atoms with Crippen molar-refractivity contribution in [3.05, 3.63) is 53.9 Å². The minimum absolute atomic E-state index is 0.0718. The number of benzene rings is 1. The third-order valence-corrected chi connectivity index (χ3v) is 14.1. The summed E-state index contributed by atoms with van der Waals surface area (Å²) in [4.78, 5) is 62.7. The summed E-state index contributed by atoms with van der Waals surface area (Å²) in [5, 5.41) is 9.86. The summed E-state index contributed by atoms with van der Waals surface area (Å²) in [7, 11) is -2.53. The molecule has 61 heavy (non-hydrogen) atoms. The summed E-state index contributed by atoms with van der Waals surface area (Å²) in [6, 6.07) is 3.77. The number of amides is 4. The summed E-state index contributed by atoms with van der Waals surface area (Å²) in [6.07, 6.45) is 2.61. The molecule has 20 heteroatoms. The van der Waals surface area contributed by atoms with Gasteiger partial charge in [-0.05, 0) is 77.5 Å². The summed E-state index contributed by atoms with van der Waals surface area (Å²) >= 11 is 0. The molecule has 4 aliphatic rings. The first kappa shape index (κ1) is 43.7. The average molecular weight is 874 g/mol. The molecule has 3 aromatic rings. The number of carbonyl (C=O) groups excluding carboxylic acids is 4. The Morgan fingerprint density at radius 2 is 1.87 bits per heavy atom. The maximum Gasteiger partial charge on any atom is 0.408 e. The number of alkyl halides is 3. The van der Waals surface area contributed by atoms with Gasteiger partial charge in [0, 0.05) is 35.6 Å². The Morgan fingerprint density at radius 3 is 2.57 bits per heavy atom. The highest BCUT2D eigenvalue weighted by Gasteiger charge is 2.63. The Bertz CT molecular complexity index is 2350. The van der Waals surface area contributed by atoms with Gasteiger partial charge in [0.2, 0.25) is 27.7 Å². The molecular weight excluding hydrogens is 824 g/mol. The quantitative estimate of drug-likeness (QED) is 0.233. The normalized spacial score (nSPS) is 25.3. The van der Waals surface area contributed by atoms with Crippen molar-refractivity contribution in [3.63, 3.8) is 0 Å². The van der Waals surface area contributed by atoms with Gasteiger partial charge >= 0.3 is 6.18 Å². The van der Waals surface area contributed by atoms with E-state index in [1.165, 1.54) is 12.0 Å². The zero-order valence-corrected chi connectivity index (χ0v) is 35.2. The molecule has 4 amide bonds. The molecule has 2 aromatic heterocycles. The lowest BCUT2D eigenvalue weighted by molar-refractivity contribution is -0.142. The number of hydrogen-bond donors (Lipinski definition) is 3. The van der Waals surface area contributed by atoms with Crippen molar-refractivity contribution in [2.24, 2.45) is 5.92 Å². The third kappa shape index (κ3) is 9.28. The van der Waals surface area contributed by atoms with Crippen LogP contribution in [-0.2, 0) is 31.0 Å². The third-order valence-electron chi connectivity index (χ3n) is 11.9. The molecule has 5 atom stereocenters. The van der Waals surface area contributed by atoms with Crippen LogP contribution < -0.4 is 29.6 Å². The minimum Gasteiger partial charge on any atom is -0.496 e. The molecule has 330 valence electrons. The second kappa shape index (κ2) is 16.8. The van der Waals surface area contributed by atoms with Crippen LogP contribution in [0.3, 0.4) is 0 Å². The summed E-state index contributed by atoms with van der Waals surface area (Å²) in [5.74, 6) is -2.48. The number of aromatic nitrogens is 3. The lowest BCUT2D eigenvalue weighted by Crippen LogP contribution is -2.58. The van der Waals surface area contributed by atoms with E-state index in [2.05, 4.69) is 25.4 Å². The van der Waals surface area contributed by atoms with Gasteiger partial charge in [0.1, 0.15) is 47.5 Å². The summed E-state index contributed by atoms with van der Waals surface area (Å²) in [6.45, 7) is 3.92. The fraction of sp³-hybridized carbons (Fsp3) is 0.561. The Hall–Kier alpha value is -5.40. The van der Waals surface area contributed by atoms with E-state index in [9.17, 15) is 40.8 Å². The topological polar surface area (TPSA) is 200 Å². The standard InChI is InChI=1S/C41H50F3N7O9S/c1-5-59-33-20-32(27-13-14-31(58-4)24(2)34(27)46-33)60-26-19-30-36(53)47-40(38(55)49-61(56,57)39(3)16-17-39)21-25(40)11-9-7-6-8-10-12-29(37(54)51(30)22-26)45-35(52)28-15-18-50(48-28)23-41(42,43)44/h9,11,13-15,18,20,25-26,29-30H,5-8,10,12,16-17,19,21-23H2,1-4H3,(H,45,52)(H,47,53)(H,49,55)/t25-,26-,29+,30+,40-/m1/s1. The zero-order valence-electron chi connectivity index (χ0n) is 34.3. The largest absolute Gasteiger partial charge is 0.496 e. The fourth-order valence-corrected chi connectivity index (χ4v) is 9.32. The maximum absolute atomic E-state index is 14.7. The van der Waals surface area contributed by atoms with Crippen LogP contribution in [0.15, 0.2) is 42.6 Å². The number of halogens is 3. The van der Waals surface area contributed by atoms with Gasteiger partial charge in [0.25, 0.3) is 11.8 Å². The molecule has 16 nitrogen and oxygen atoms in total. The van der Waals surface area contributed by atoms with Gasteiger partial charge in [-0.3, -0.25) is 28.6 Å². The SMILES string of the molecule is CCOc1cc(O[C@@H]2C[C@H]3C(=O)N[C@]4(C(=O)NS(=O)(=O)C5(C)CC5)C[C@H]4C=CCCCCC[C@H](NC(=O)c4ccn(CC(F)(F)F)n4)C(=O)N3C2)c2ccc(OC)c(C)c2n1. The predicted octanol–water partition coefficient (Wildman–Crippen LogP) is 4.25. The predicted molar refractivity (Wildman–Crippen MR) is 214 cm³/mol. The average Bonchev–Trinajstić information content (AvgIpc) is 3.99. The molecule has 0 bridgehead atoms. The van der Waals surface area contributed by atoms with Crippen molar-refractivity contribution in [1.29, 1.82) is 0 Å². The first-order valence-corrected chi connectivity index (χ1v) is 21.9. The summed E-state index contributed by atoms with van der Waals surface area (Å²) in [5.41, 5.74) is -0.693. The van der Waals surface area contributed by atoms with E-state index in [1.54, 1.807) is 38.1 Å². The highest BCUT2D eigenvalue weighted by Crippen LogP contribution is 2.48. The van der Waals surface area contributed by atoms with Crippen molar-refractivity contribution >= 4 is 44.6 Å². The van der Waals surface area contributed by atoms with Crippen molar-refractivity contribution in [2.75, 3.05) is 20.3 Å². The number of rotatable bonds is 11. The molecule has 0 unspecified atom stereocenters. The number of carbonyl (C=O) groups is 4. The van der Waals surface area contributed by atoms with Gasteiger partial charge in [0.15, 0.2) is 0 Å². The smallest absolute Gasteiger partial charge is 0.408 e. The monoisotopic (exact) mass is 873 g/mol. The van der Waals surface area contributed by atoms with Crippen molar-refractivity contribution in [3.8, 4) is 17.4 Å². The van der Waals surface area contributed by atoms with Crippen LogP contribution in [0.4, 0.5) is 13.2 Å². The molecule has 3 fully saturated rings. The van der Waals surface area contributed by atoms with Crippen molar-refractivity contribution in [1.82, 2.24) is 35.0 Å². The number of ether oxygens (including phenoxy) is 3. The highest BCUT2D eigenvalue weighted by molar-refractivity contribution is 7.91. The van der Waals surface area contributed by atoms with E-state index >= 15 is 0 Å². The van der Waals surface area contributed by atoms with Crippen LogP contribution in [0, 0.1) is 12.8 Å². The van der Waals surface area contributed by atoms with E-state index < -0.39 is 80.8 Å². The molecule has 1 saturated heterocycles. The molecule has 2 saturated carbocycles. The maximum atomic E-state index is 14.7. The molecular formula is C41H50F3N7O9S. The van der Waals surface area contributed by atoms with E-state index in [1.807, 2.05) is 13.0 Å². The molecule has 0 spiro atoms.